The van der Waals surface area contributed by atoms with E-state index in [1.165, 1.54) is 41.8 Å². The van der Waals surface area contributed by atoms with E-state index >= 15 is 0 Å². The van der Waals surface area contributed by atoms with E-state index in [-0.39, 0.29) is 23.7 Å². The fraction of sp³-hybridized carbons (Fsp3) is 0.364. The fourth-order valence-corrected chi connectivity index (χ4v) is 4.01. The van der Waals surface area contributed by atoms with Crippen molar-refractivity contribution < 1.29 is 14.0 Å². The Bertz CT molecular complexity index is 882. The number of piperidine rings is 1. The van der Waals surface area contributed by atoms with Crippen molar-refractivity contribution in [2.45, 2.75) is 32.1 Å². The summed E-state index contributed by atoms with van der Waals surface area (Å²) in [6, 6.07) is 11.5. The number of amides is 3. The molecule has 0 unspecified atom stereocenters. The molecule has 2 aromatic carbocycles. The highest BCUT2D eigenvalue weighted by molar-refractivity contribution is 5.94. The second kappa shape index (κ2) is 8.00. The van der Waals surface area contributed by atoms with Crippen molar-refractivity contribution in [1.82, 2.24) is 4.90 Å². The maximum atomic E-state index is 13.0. The van der Waals surface area contributed by atoms with E-state index < -0.39 is 0 Å². The maximum Gasteiger partial charge on any atom is 0.321 e. The number of fused-ring (bicyclic) bond motifs is 1. The third-order valence-corrected chi connectivity index (χ3v) is 5.54. The van der Waals surface area contributed by atoms with E-state index in [0.717, 1.165) is 31.4 Å². The van der Waals surface area contributed by atoms with Crippen LogP contribution in [0.5, 0.6) is 0 Å². The highest BCUT2D eigenvalue weighted by atomic mass is 19.1. The van der Waals surface area contributed by atoms with Crippen molar-refractivity contribution in [1.29, 1.82) is 0 Å². The molecule has 2 aromatic rings. The molecule has 1 heterocycles. The Labute approximate surface area is 163 Å². The van der Waals surface area contributed by atoms with Crippen molar-refractivity contribution in [2.75, 3.05) is 23.7 Å². The number of rotatable bonds is 3. The first-order valence-electron chi connectivity index (χ1n) is 9.82. The Balaban J connectivity index is 1.35. The Kier molecular flexibility index (Phi) is 5.28. The largest absolute Gasteiger partial charge is 0.326 e. The molecule has 1 aliphatic carbocycles. The van der Waals surface area contributed by atoms with Crippen LogP contribution in [-0.4, -0.2) is 29.9 Å². The third-order valence-electron chi connectivity index (χ3n) is 5.54. The molecule has 3 amide bonds. The molecule has 6 heteroatoms. The number of carbonyl (C=O) groups is 2. The number of halogens is 1. The first-order chi connectivity index (χ1) is 13.6. The first kappa shape index (κ1) is 18.5. The number of benzene rings is 2. The van der Waals surface area contributed by atoms with Crippen LogP contribution in [0.25, 0.3) is 0 Å². The molecule has 1 aliphatic heterocycles. The smallest absolute Gasteiger partial charge is 0.321 e. The topological polar surface area (TPSA) is 61.4 Å². The lowest BCUT2D eigenvalue weighted by atomic mass is 9.97. The van der Waals surface area contributed by atoms with Crippen LogP contribution in [-0.2, 0) is 17.6 Å². The molecule has 1 fully saturated rings. The first-order valence-corrected chi connectivity index (χ1v) is 9.82. The van der Waals surface area contributed by atoms with Gasteiger partial charge in [0, 0.05) is 24.5 Å². The molecular formula is C22H24FN3O2. The monoisotopic (exact) mass is 381 g/mol. The van der Waals surface area contributed by atoms with Crippen LogP contribution < -0.4 is 10.6 Å². The molecule has 0 saturated carbocycles. The second-order valence-electron chi connectivity index (χ2n) is 7.55. The van der Waals surface area contributed by atoms with Crippen LogP contribution >= 0.6 is 0 Å². The van der Waals surface area contributed by atoms with Gasteiger partial charge in [-0.15, -0.1) is 0 Å². The number of nitrogens with one attached hydrogen (secondary N) is 2. The number of hydrogen-bond donors (Lipinski definition) is 2. The van der Waals surface area contributed by atoms with Gasteiger partial charge in [0.15, 0.2) is 0 Å². The minimum atomic E-state index is -0.348. The average molecular weight is 381 g/mol. The van der Waals surface area contributed by atoms with Crippen molar-refractivity contribution in [3.8, 4) is 0 Å². The minimum Gasteiger partial charge on any atom is -0.326 e. The third kappa shape index (κ3) is 4.16. The second-order valence-corrected chi connectivity index (χ2v) is 7.55. The standard InChI is InChI=1S/C22H24FN3O2/c23-18-7-10-19(11-8-18)25-22(28)26-12-2-5-17(14-26)21(27)24-20-9-6-15-3-1-4-16(15)13-20/h6-11,13,17H,1-5,12,14H2,(H,24,27)(H,25,28)/t17-/m1/s1. The summed E-state index contributed by atoms with van der Waals surface area (Å²) < 4.78 is 13.0. The molecule has 28 heavy (non-hydrogen) atoms. The van der Waals surface area contributed by atoms with Crippen LogP contribution in [0, 0.1) is 11.7 Å². The van der Waals surface area contributed by atoms with E-state index in [1.54, 1.807) is 4.90 Å². The van der Waals surface area contributed by atoms with Crippen molar-refractivity contribution in [3.63, 3.8) is 0 Å². The average Bonchev–Trinajstić information content (AvgIpc) is 3.17. The van der Waals surface area contributed by atoms with E-state index in [1.807, 2.05) is 6.07 Å². The predicted molar refractivity (Wildman–Crippen MR) is 107 cm³/mol. The summed E-state index contributed by atoms with van der Waals surface area (Å²) in [5.41, 5.74) is 4.07. The van der Waals surface area contributed by atoms with Gasteiger partial charge in [-0.05, 0) is 79.6 Å². The van der Waals surface area contributed by atoms with Crippen molar-refractivity contribution in [2.24, 2.45) is 5.92 Å². The van der Waals surface area contributed by atoms with Gasteiger partial charge in [-0.2, -0.15) is 0 Å². The molecular weight excluding hydrogens is 357 g/mol. The number of carbonyl (C=O) groups excluding carboxylic acids is 2. The SMILES string of the molecule is O=C(Nc1ccc2c(c1)CCC2)[C@@H]1CCCN(C(=O)Nc2ccc(F)cc2)C1. The summed E-state index contributed by atoms with van der Waals surface area (Å²) in [7, 11) is 0. The number of hydrogen-bond acceptors (Lipinski definition) is 2. The van der Waals surface area contributed by atoms with Gasteiger partial charge in [-0.25, -0.2) is 9.18 Å². The van der Waals surface area contributed by atoms with Crippen LogP contribution in [0.1, 0.15) is 30.4 Å². The molecule has 0 aromatic heterocycles. The molecule has 2 N–H and O–H groups in total. The molecule has 1 saturated heterocycles. The van der Waals surface area contributed by atoms with Gasteiger partial charge >= 0.3 is 6.03 Å². The molecule has 0 radical (unpaired) electrons. The lowest BCUT2D eigenvalue weighted by molar-refractivity contribution is -0.121. The van der Waals surface area contributed by atoms with Gasteiger partial charge in [0.25, 0.3) is 0 Å². The molecule has 5 nitrogen and oxygen atoms in total. The van der Waals surface area contributed by atoms with E-state index in [9.17, 15) is 14.0 Å². The van der Waals surface area contributed by atoms with Crippen LogP contribution in [0.4, 0.5) is 20.6 Å². The lowest BCUT2D eigenvalue weighted by Gasteiger charge is -2.32. The Hall–Kier alpha value is -2.89. The predicted octanol–water partition coefficient (Wildman–Crippen LogP) is 4.20. The highest BCUT2D eigenvalue weighted by Gasteiger charge is 2.28. The van der Waals surface area contributed by atoms with Gasteiger partial charge in [-0.3, -0.25) is 4.79 Å². The zero-order chi connectivity index (χ0) is 19.5. The number of aryl methyl sites for hydroxylation is 2. The summed E-state index contributed by atoms with van der Waals surface area (Å²) in [4.78, 5) is 26.9. The van der Waals surface area contributed by atoms with E-state index in [0.29, 0.717) is 18.8 Å². The lowest BCUT2D eigenvalue weighted by Crippen LogP contribution is -2.45. The highest BCUT2D eigenvalue weighted by Crippen LogP contribution is 2.26. The molecule has 0 bridgehead atoms. The number of nitrogens with zero attached hydrogens (tertiary/aromatic N) is 1. The van der Waals surface area contributed by atoms with Crippen LogP contribution in [0.3, 0.4) is 0 Å². The zero-order valence-electron chi connectivity index (χ0n) is 15.7. The number of urea groups is 1. The molecule has 146 valence electrons. The molecule has 2 aliphatic rings. The molecule has 0 spiro atoms. The summed E-state index contributed by atoms with van der Waals surface area (Å²) in [6.07, 6.45) is 4.90. The van der Waals surface area contributed by atoms with Crippen LogP contribution in [0.2, 0.25) is 0 Å². The van der Waals surface area contributed by atoms with Gasteiger partial charge in [0.05, 0.1) is 5.92 Å². The van der Waals surface area contributed by atoms with Crippen molar-refractivity contribution >= 4 is 23.3 Å². The Morgan fingerprint density at radius 1 is 0.929 bits per heavy atom. The quantitative estimate of drug-likeness (QED) is 0.837. The molecule has 1 atom stereocenters. The van der Waals surface area contributed by atoms with E-state index in [4.69, 9.17) is 0 Å². The van der Waals surface area contributed by atoms with Gasteiger partial charge in [0.2, 0.25) is 5.91 Å². The van der Waals surface area contributed by atoms with Gasteiger partial charge in [0.1, 0.15) is 5.82 Å². The summed E-state index contributed by atoms with van der Waals surface area (Å²) >= 11 is 0. The summed E-state index contributed by atoms with van der Waals surface area (Å²) in [6.45, 7) is 0.986. The Morgan fingerprint density at radius 3 is 2.50 bits per heavy atom. The summed E-state index contributed by atoms with van der Waals surface area (Å²) in [5, 5.41) is 5.78. The van der Waals surface area contributed by atoms with Gasteiger partial charge in [-0.1, -0.05) is 6.07 Å². The molecule has 4 rings (SSSR count). The normalized spacial score (nSPS) is 18.5. The number of anilines is 2. The summed E-state index contributed by atoms with van der Waals surface area (Å²) in [5.74, 6) is -0.627. The van der Waals surface area contributed by atoms with Crippen molar-refractivity contribution in [3.05, 3.63) is 59.4 Å². The van der Waals surface area contributed by atoms with Gasteiger partial charge < -0.3 is 15.5 Å². The number of likely N-dealkylation sites (tertiary alicyclic amines) is 1. The minimum absolute atomic E-state index is 0.0442. The van der Waals surface area contributed by atoms with Crippen LogP contribution in [0.15, 0.2) is 42.5 Å². The maximum absolute atomic E-state index is 13.0. The van der Waals surface area contributed by atoms with E-state index in [2.05, 4.69) is 22.8 Å². The Morgan fingerprint density at radius 2 is 1.68 bits per heavy atom. The zero-order valence-corrected chi connectivity index (χ0v) is 15.7. The fourth-order valence-electron chi connectivity index (χ4n) is 4.01.